The molecule has 0 fully saturated rings. The van der Waals surface area contributed by atoms with Crippen LogP contribution in [0.1, 0.15) is 28.4 Å². The van der Waals surface area contributed by atoms with Crippen LogP contribution >= 0.6 is 0 Å². The highest BCUT2D eigenvalue weighted by atomic mass is 19.4. The van der Waals surface area contributed by atoms with Crippen molar-refractivity contribution in [3.63, 3.8) is 0 Å². The van der Waals surface area contributed by atoms with Gasteiger partial charge in [-0.1, -0.05) is 0 Å². The lowest BCUT2D eigenvalue weighted by molar-refractivity contribution is -0.276. The van der Waals surface area contributed by atoms with Gasteiger partial charge in [0, 0.05) is 0 Å². The molecule has 0 aromatic heterocycles. The number of carbonyl (C=O) groups excluding carboxylic acids is 1. The first-order valence-corrected chi connectivity index (χ1v) is 5.58. The summed E-state index contributed by atoms with van der Waals surface area (Å²) in [5, 5.41) is 8.63. The van der Waals surface area contributed by atoms with Crippen LogP contribution in [-0.2, 0) is 10.9 Å². The zero-order chi connectivity index (χ0) is 17.1. The first kappa shape index (κ1) is 17.6. The Bertz CT molecular complexity index is 615. The van der Waals surface area contributed by atoms with Crippen molar-refractivity contribution in [1.29, 1.82) is 5.26 Å². The highest BCUT2D eigenvalue weighted by molar-refractivity contribution is 5.93. The Hall–Kier alpha value is -2.44. The molecule has 0 saturated carbocycles. The van der Waals surface area contributed by atoms with Gasteiger partial charge in [0.05, 0.1) is 18.2 Å². The van der Waals surface area contributed by atoms with E-state index in [4.69, 9.17) is 5.26 Å². The minimum absolute atomic E-state index is 0.272. The fraction of sp³-hybridized carbons (Fsp3) is 0.333. The molecule has 1 aromatic rings. The Morgan fingerprint density at radius 2 is 1.82 bits per heavy atom. The fourth-order valence-corrected chi connectivity index (χ4v) is 1.55. The zero-order valence-electron chi connectivity index (χ0n) is 10.8. The van der Waals surface area contributed by atoms with Gasteiger partial charge in [0.1, 0.15) is 11.1 Å². The van der Waals surface area contributed by atoms with Crippen LogP contribution in [0.2, 0.25) is 0 Å². The van der Waals surface area contributed by atoms with Crippen LogP contribution in [0.5, 0.6) is 5.75 Å². The second-order valence-corrected chi connectivity index (χ2v) is 3.74. The number of hydrogen-bond donors (Lipinski definition) is 0. The molecular weight excluding hydrogens is 320 g/mol. The summed E-state index contributed by atoms with van der Waals surface area (Å²) in [4.78, 5) is 11.5. The molecule has 0 N–H and O–H groups in total. The summed E-state index contributed by atoms with van der Waals surface area (Å²) in [6.45, 7) is 1.04. The molecule has 22 heavy (non-hydrogen) atoms. The molecule has 0 atom stereocenters. The van der Waals surface area contributed by atoms with E-state index in [1.807, 2.05) is 0 Å². The molecule has 10 heteroatoms. The Morgan fingerprint density at radius 1 is 1.23 bits per heavy atom. The first-order valence-electron chi connectivity index (χ1n) is 5.58. The predicted molar refractivity (Wildman–Crippen MR) is 58.8 cm³/mol. The maximum absolute atomic E-state index is 12.9. The van der Waals surface area contributed by atoms with Gasteiger partial charge in [0.25, 0.3) is 0 Å². The minimum Gasteiger partial charge on any atom is -0.462 e. The second-order valence-electron chi connectivity index (χ2n) is 3.74. The largest absolute Gasteiger partial charge is 0.573 e. The van der Waals surface area contributed by atoms with E-state index < -0.39 is 40.9 Å². The van der Waals surface area contributed by atoms with Gasteiger partial charge in [-0.2, -0.15) is 18.4 Å². The molecule has 0 radical (unpaired) electrons. The molecule has 0 aliphatic rings. The third-order valence-electron chi connectivity index (χ3n) is 2.27. The first-order chi connectivity index (χ1) is 10.0. The highest BCUT2D eigenvalue weighted by Crippen LogP contribution is 2.42. The van der Waals surface area contributed by atoms with Crippen LogP contribution < -0.4 is 4.74 Å². The summed E-state index contributed by atoms with van der Waals surface area (Å²) < 4.78 is 83.6. The molecule has 0 aliphatic carbocycles. The molecule has 0 saturated heterocycles. The summed E-state index contributed by atoms with van der Waals surface area (Å²) in [6, 6.07) is 2.28. The summed E-state index contributed by atoms with van der Waals surface area (Å²) in [7, 11) is 0. The van der Waals surface area contributed by atoms with Crippen molar-refractivity contribution in [2.75, 3.05) is 6.61 Å². The van der Waals surface area contributed by atoms with Crippen LogP contribution in [0, 0.1) is 11.3 Å². The molecule has 1 aromatic carbocycles. The minimum atomic E-state index is -5.49. The van der Waals surface area contributed by atoms with Crippen LogP contribution in [0.25, 0.3) is 0 Å². The third kappa shape index (κ3) is 4.03. The molecule has 0 aliphatic heterocycles. The molecule has 0 amide bonds. The third-order valence-corrected chi connectivity index (χ3v) is 2.27. The van der Waals surface area contributed by atoms with Crippen LogP contribution in [0.15, 0.2) is 12.1 Å². The van der Waals surface area contributed by atoms with Crippen molar-refractivity contribution in [3.05, 3.63) is 28.8 Å². The van der Waals surface area contributed by atoms with E-state index in [1.54, 1.807) is 0 Å². The number of carbonyl (C=O) groups is 1. The summed E-state index contributed by atoms with van der Waals surface area (Å²) in [5.41, 5.74) is -4.18. The molecule has 4 nitrogen and oxygen atoms in total. The van der Waals surface area contributed by atoms with E-state index >= 15 is 0 Å². The maximum atomic E-state index is 12.9. The molecule has 0 spiro atoms. The topological polar surface area (TPSA) is 59.3 Å². The second kappa shape index (κ2) is 6.13. The summed E-state index contributed by atoms with van der Waals surface area (Å²) in [6.07, 6.45) is -10.8. The average molecular weight is 327 g/mol. The number of rotatable bonds is 3. The highest BCUT2D eigenvalue weighted by Gasteiger charge is 2.43. The SMILES string of the molecule is CCOC(=O)c1ccc(C#N)c(C(F)(F)F)c1OC(F)(F)F. The van der Waals surface area contributed by atoms with E-state index in [2.05, 4.69) is 9.47 Å². The Balaban J connectivity index is 3.67. The van der Waals surface area contributed by atoms with Gasteiger partial charge in [0.2, 0.25) is 0 Å². The summed E-state index contributed by atoms with van der Waals surface area (Å²) >= 11 is 0. The number of ether oxygens (including phenoxy) is 2. The van der Waals surface area contributed by atoms with Gasteiger partial charge < -0.3 is 9.47 Å². The lowest BCUT2D eigenvalue weighted by atomic mass is 10.0. The number of nitriles is 1. The number of nitrogens with zero attached hydrogens (tertiary/aromatic N) is 1. The van der Waals surface area contributed by atoms with Crippen LogP contribution in [-0.4, -0.2) is 18.9 Å². The number of alkyl halides is 6. The van der Waals surface area contributed by atoms with Crippen molar-refractivity contribution < 1.29 is 40.6 Å². The number of esters is 1. The van der Waals surface area contributed by atoms with Crippen molar-refractivity contribution >= 4 is 5.97 Å². The van der Waals surface area contributed by atoms with Gasteiger partial charge in [0.15, 0.2) is 5.75 Å². The van der Waals surface area contributed by atoms with E-state index in [-0.39, 0.29) is 6.61 Å². The molecular formula is C12H7F6NO3. The quantitative estimate of drug-likeness (QED) is 0.628. The Labute approximate surface area is 119 Å². The zero-order valence-corrected chi connectivity index (χ0v) is 10.8. The van der Waals surface area contributed by atoms with Crippen LogP contribution in [0.4, 0.5) is 26.3 Å². The molecule has 120 valence electrons. The standard InChI is InChI=1S/C12H7F6NO3/c1-2-21-10(20)7-4-3-6(5-19)8(11(13,14)15)9(7)22-12(16,17)18/h3-4H,2H2,1H3. The molecule has 0 heterocycles. The van der Waals surface area contributed by atoms with E-state index in [9.17, 15) is 31.1 Å². The van der Waals surface area contributed by atoms with Gasteiger partial charge in [-0.3, -0.25) is 0 Å². The van der Waals surface area contributed by atoms with E-state index in [1.165, 1.54) is 6.92 Å². The van der Waals surface area contributed by atoms with Crippen molar-refractivity contribution in [2.24, 2.45) is 0 Å². The van der Waals surface area contributed by atoms with Gasteiger partial charge in [-0.15, -0.1) is 13.2 Å². The normalized spacial score (nSPS) is 11.7. The van der Waals surface area contributed by atoms with Gasteiger partial charge in [-0.05, 0) is 19.1 Å². The van der Waals surface area contributed by atoms with E-state index in [0.29, 0.717) is 12.1 Å². The van der Waals surface area contributed by atoms with Gasteiger partial charge >= 0.3 is 18.5 Å². The van der Waals surface area contributed by atoms with E-state index in [0.717, 1.165) is 6.07 Å². The summed E-state index contributed by atoms with van der Waals surface area (Å²) in [5.74, 6) is -3.24. The van der Waals surface area contributed by atoms with Crippen molar-refractivity contribution in [1.82, 2.24) is 0 Å². The molecule has 0 unspecified atom stereocenters. The molecule has 0 bridgehead atoms. The fourth-order valence-electron chi connectivity index (χ4n) is 1.55. The Kier molecular flexibility index (Phi) is 4.91. The monoisotopic (exact) mass is 327 g/mol. The Morgan fingerprint density at radius 3 is 2.23 bits per heavy atom. The number of halogens is 6. The lowest BCUT2D eigenvalue weighted by Gasteiger charge is -2.19. The maximum Gasteiger partial charge on any atom is 0.573 e. The van der Waals surface area contributed by atoms with Crippen molar-refractivity contribution in [3.8, 4) is 11.8 Å². The van der Waals surface area contributed by atoms with Gasteiger partial charge in [-0.25, -0.2) is 4.79 Å². The average Bonchev–Trinajstić information content (AvgIpc) is 2.34. The smallest absolute Gasteiger partial charge is 0.462 e. The number of hydrogen-bond acceptors (Lipinski definition) is 4. The molecule has 1 rings (SSSR count). The lowest BCUT2D eigenvalue weighted by Crippen LogP contribution is -2.23. The number of benzene rings is 1. The van der Waals surface area contributed by atoms with Crippen LogP contribution in [0.3, 0.4) is 0 Å². The predicted octanol–water partition coefficient (Wildman–Crippen LogP) is 3.65. The van der Waals surface area contributed by atoms with Crippen molar-refractivity contribution in [2.45, 2.75) is 19.5 Å².